The highest BCUT2D eigenvalue weighted by Gasteiger charge is 2.17. The number of hydrogen-bond donors (Lipinski definition) is 1. The van der Waals surface area contributed by atoms with E-state index in [1.807, 2.05) is 25.1 Å². The van der Waals surface area contributed by atoms with Gasteiger partial charge >= 0.3 is 0 Å². The smallest absolute Gasteiger partial charge is 0.265 e. The Kier molecular flexibility index (Phi) is 4.12. The molecule has 2 heterocycles. The first kappa shape index (κ1) is 15.2. The molecule has 0 spiro atoms. The molecule has 0 fully saturated rings. The van der Waals surface area contributed by atoms with E-state index in [9.17, 15) is 8.42 Å². The lowest BCUT2D eigenvalue weighted by molar-refractivity contribution is 0.601. The summed E-state index contributed by atoms with van der Waals surface area (Å²) in [5.41, 5.74) is 1.67. The fourth-order valence-corrected chi connectivity index (χ4v) is 3.07. The highest BCUT2D eigenvalue weighted by molar-refractivity contribution is 7.92. The van der Waals surface area contributed by atoms with Crippen LogP contribution in [0.4, 0.5) is 5.69 Å². The zero-order valence-corrected chi connectivity index (χ0v) is 13.4. The first-order valence-electron chi connectivity index (χ1n) is 7.16. The average molecular weight is 328 g/mol. The Bertz CT molecular complexity index is 887. The van der Waals surface area contributed by atoms with Gasteiger partial charge in [-0.2, -0.15) is 5.10 Å². The van der Waals surface area contributed by atoms with Gasteiger partial charge in [0.25, 0.3) is 10.0 Å². The van der Waals surface area contributed by atoms with Gasteiger partial charge in [-0.25, -0.2) is 18.1 Å². The van der Waals surface area contributed by atoms with Gasteiger partial charge in [-0.1, -0.05) is 25.1 Å². The summed E-state index contributed by atoms with van der Waals surface area (Å²) < 4.78 is 28.8. The molecule has 0 radical (unpaired) electrons. The van der Waals surface area contributed by atoms with Gasteiger partial charge in [0.05, 0.1) is 12.4 Å². The summed E-state index contributed by atoms with van der Waals surface area (Å²) in [7, 11) is -3.68. The predicted molar refractivity (Wildman–Crippen MR) is 88.0 cm³/mol. The first-order chi connectivity index (χ1) is 11.1. The quantitative estimate of drug-likeness (QED) is 0.781. The molecule has 2 aromatic heterocycles. The second-order valence-corrected chi connectivity index (χ2v) is 6.65. The Hall–Kier alpha value is -2.67. The predicted octanol–water partition coefficient (Wildman–Crippen LogP) is 2.63. The summed E-state index contributed by atoms with van der Waals surface area (Å²) in [6, 6.07) is 12.6. The lowest BCUT2D eigenvalue weighted by Crippen LogP contribution is -2.12. The maximum atomic E-state index is 12.4. The SMILES string of the molecule is CCc1ccc(NS(=O)(=O)c2cnn(-c3ccccn3)c2)cc1. The molecule has 3 rings (SSSR count). The van der Waals surface area contributed by atoms with Crippen LogP contribution in [0.1, 0.15) is 12.5 Å². The fourth-order valence-electron chi connectivity index (χ4n) is 2.08. The summed E-state index contributed by atoms with van der Waals surface area (Å²) >= 11 is 0. The minimum atomic E-state index is -3.68. The minimum absolute atomic E-state index is 0.0859. The van der Waals surface area contributed by atoms with Crippen molar-refractivity contribution in [3.63, 3.8) is 0 Å². The standard InChI is InChI=1S/C16H16N4O2S/c1-2-13-6-8-14(9-7-13)19-23(21,22)15-11-18-20(12-15)16-5-3-4-10-17-16/h3-12,19H,2H2,1H3. The first-order valence-corrected chi connectivity index (χ1v) is 8.64. The van der Waals surface area contributed by atoms with E-state index in [1.165, 1.54) is 17.1 Å². The molecule has 1 aromatic carbocycles. The van der Waals surface area contributed by atoms with Gasteiger partial charge in [-0.15, -0.1) is 0 Å². The third-order valence-corrected chi connectivity index (χ3v) is 4.70. The van der Waals surface area contributed by atoms with E-state index in [4.69, 9.17) is 0 Å². The number of aromatic nitrogens is 3. The van der Waals surface area contributed by atoms with Crippen molar-refractivity contribution in [2.45, 2.75) is 18.2 Å². The number of benzene rings is 1. The van der Waals surface area contributed by atoms with Crippen LogP contribution in [0.3, 0.4) is 0 Å². The fraction of sp³-hybridized carbons (Fsp3) is 0.125. The van der Waals surface area contributed by atoms with Gasteiger partial charge in [0, 0.05) is 11.9 Å². The van der Waals surface area contributed by atoms with Crippen molar-refractivity contribution >= 4 is 15.7 Å². The maximum Gasteiger partial charge on any atom is 0.265 e. The molecule has 23 heavy (non-hydrogen) atoms. The van der Waals surface area contributed by atoms with Crippen molar-refractivity contribution in [3.8, 4) is 5.82 Å². The largest absolute Gasteiger partial charge is 0.280 e. The molecular weight excluding hydrogens is 312 g/mol. The Morgan fingerprint density at radius 2 is 1.91 bits per heavy atom. The summed E-state index contributed by atoms with van der Waals surface area (Å²) in [5.74, 6) is 0.557. The summed E-state index contributed by atoms with van der Waals surface area (Å²) in [4.78, 5) is 4.22. The van der Waals surface area contributed by atoms with E-state index >= 15 is 0 Å². The molecule has 0 atom stereocenters. The minimum Gasteiger partial charge on any atom is -0.280 e. The molecule has 6 nitrogen and oxygen atoms in total. The second kappa shape index (κ2) is 6.21. The van der Waals surface area contributed by atoms with E-state index in [-0.39, 0.29) is 4.90 Å². The van der Waals surface area contributed by atoms with E-state index in [0.717, 1.165) is 12.0 Å². The summed E-state index contributed by atoms with van der Waals surface area (Å²) in [6.45, 7) is 2.05. The normalized spacial score (nSPS) is 11.3. The third-order valence-electron chi connectivity index (χ3n) is 3.37. The van der Waals surface area contributed by atoms with Crippen molar-refractivity contribution in [1.82, 2.24) is 14.8 Å². The number of sulfonamides is 1. The number of anilines is 1. The highest BCUT2D eigenvalue weighted by atomic mass is 32.2. The van der Waals surface area contributed by atoms with Crippen molar-refractivity contribution in [3.05, 3.63) is 66.6 Å². The number of aryl methyl sites for hydroxylation is 1. The zero-order chi connectivity index (χ0) is 16.3. The molecule has 118 valence electrons. The van der Waals surface area contributed by atoms with Crippen LogP contribution in [-0.4, -0.2) is 23.2 Å². The number of nitrogens with zero attached hydrogens (tertiary/aromatic N) is 3. The van der Waals surface area contributed by atoms with Crippen molar-refractivity contribution in [2.75, 3.05) is 4.72 Å². The van der Waals surface area contributed by atoms with Crippen LogP contribution in [0.15, 0.2) is 66.0 Å². The molecule has 7 heteroatoms. The van der Waals surface area contributed by atoms with Crippen LogP contribution in [0, 0.1) is 0 Å². The molecule has 0 aliphatic heterocycles. The zero-order valence-electron chi connectivity index (χ0n) is 12.5. The lowest BCUT2D eigenvalue weighted by atomic mass is 10.2. The van der Waals surface area contributed by atoms with Gasteiger partial charge in [-0.05, 0) is 36.2 Å². The molecule has 0 saturated carbocycles. The van der Waals surface area contributed by atoms with Crippen LogP contribution >= 0.6 is 0 Å². The summed E-state index contributed by atoms with van der Waals surface area (Å²) in [5, 5.41) is 4.06. The maximum absolute atomic E-state index is 12.4. The Balaban J connectivity index is 1.83. The molecule has 0 bridgehead atoms. The summed E-state index contributed by atoms with van der Waals surface area (Å²) in [6.07, 6.45) is 5.27. The molecule has 1 N–H and O–H groups in total. The van der Waals surface area contributed by atoms with E-state index in [0.29, 0.717) is 11.5 Å². The molecule has 0 aliphatic rings. The van der Waals surface area contributed by atoms with E-state index < -0.39 is 10.0 Å². The number of nitrogens with one attached hydrogen (secondary N) is 1. The Morgan fingerprint density at radius 1 is 1.13 bits per heavy atom. The van der Waals surface area contributed by atoms with Crippen LogP contribution in [0.5, 0.6) is 0 Å². The molecule has 0 aliphatic carbocycles. The average Bonchev–Trinajstić information content (AvgIpc) is 3.07. The van der Waals surface area contributed by atoms with Crippen LogP contribution < -0.4 is 4.72 Å². The van der Waals surface area contributed by atoms with Crippen LogP contribution in [0.25, 0.3) is 5.82 Å². The topological polar surface area (TPSA) is 76.9 Å². The Morgan fingerprint density at radius 3 is 2.57 bits per heavy atom. The van der Waals surface area contributed by atoms with Gasteiger partial charge in [0.15, 0.2) is 5.82 Å². The number of pyridine rings is 1. The van der Waals surface area contributed by atoms with Crippen LogP contribution in [0.2, 0.25) is 0 Å². The van der Waals surface area contributed by atoms with Gasteiger partial charge in [-0.3, -0.25) is 4.72 Å². The Labute approximate surface area is 134 Å². The van der Waals surface area contributed by atoms with Crippen molar-refractivity contribution in [1.29, 1.82) is 0 Å². The van der Waals surface area contributed by atoms with Crippen molar-refractivity contribution in [2.24, 2.45) is 0 Å². The van der Waals surface area contributed by atoms with Gasteiger partial charge < -0.3 is 0 Å². The second-order valence-electron chi connectivity index (χ2n) is 4.96. The molecule has 0 amide bonds. The van der Waals surface area contributed by atoms with E-state index in [2.05, 4.69) is 14.8 Å². The van der Waals surface area contributed by atoms with Crippen molar-refractivity contribution < 1.29 is 8.42 Å². The number of rotatable bonds is 5. The molecule has 0 unspecified atom stereocenters. The highest BCUT2D eigenvalue weighted by Crippen LogP contribution is 2.17. The third kappa shape index (κ3) is 3.40. The molecule has 0 saturated heterocycles. The van der Waals surface area contributed by atoms with E-state index in [1.54, 1.807) is 30.5 Å². The van der Waals surface area contributed by atoms with Crippen LogP contribution in [-0.2, 0) is 16.4 Å². The van der Waals surface area contributed by atoms with Gasteiger partial charge in [0.2, 0.25) is 0 Å². The lowest BCUT2D eigenvalue weighted by Gasteiger charge is -2.06. The van der Waals surface area contributed by atoms with Gasteiger partial charge in [0.1, 0.15) is 4.90 Å². The molecular formula is C16H16N4O2S. The monoisotopic (exact) mass is 328 g/mol. The number of hydrogen-bond acceptors (Lipinski definition) is 4. The molecule has 3 aromatic rings.